The average Bonchev–Trinajstić information content (AvgIpc) is 2.75. The van der Waals surface area contributed by atoms with Gasteiger partial charge >= 0.3 is 5.97 Å². The highest BCUT2D eigenvalue weighted by molar-refractivity contribution is 5.95. The number of carboxylic acids is 1. The monoisotopic (exact) mass is 417 g/mol. The number of hydrogen-bond acceptors (Lipinski definition) is 3. The molecule has 1 aromatic rings. The molecule has 2 rings (SSSR count). The molecule has 0 aromatic heterocycles. The number of aliphatic carboxylic acids is 1. The second-order valence-electron chi connectivity index (χ2n) is 8.53. The van der Waals surface area contributed by atoms with Gasteiger partial charge in [-0.15, -0.1) is 0 Å². The predicted molar refractivity (Wildman–Crippen MR) is 121 cm³/mol. The predicted octanol–water partition coefficient (Wildman–Crippen LogP) is 6.43. The molecule has 0 heterocycles. The van der Waals surface area contributed by atoms with Crippen LogP contribution in [0.15, 0.2) is 24.3 Å². The maximum atomic E-state index is 12.6. The van der Waals surface area contributed by atoms with E-state index in [9.17, 15) is 14.7 Å². The summed E-state index contributed by atoms with van der Waals surface area (Å²) in [6.07, 6.45) is 14.5. The van der Waals surface area contributed by atoms with Crippen LogP contribution in [0.2, 0.25) is 0 Å². The number of carbonyl (C=O) groups is 2. The van der Waals surface area contributed by atoms with Gasteiger partial charge in [0.15, 0.2) is 0 Å². The average molecular weight is 418 g/mol. The fourth-order valence-electron chi connectivity index (χ4n) is 4.24. The van der Waals surface area contributed by atoms with Crippen molar-refractivity contribution in [3.63, 3.8) is 0 Å². The van der Waals surface area contributed by atoms with E-state index >= 15 is 0 Å². The molecule has 1 saturated carbocycles. The zero-order valence-corrected chi connectivity index (χ0v) is 18.5. The highest BCUT2D eigenvalue weighted by atomic mass is 16.5. The Morgan fingerprint density at radius 2 is 1.60 bits per heavy atom. The number of carbonyl (C=O) groups excluding carboxylic acids is 1. The standard InChI is InChI=1S/C25H39NO4/c1-2-3-4-5-6-7-8-9-12-18-30-21-15-13-14-20(19-21)26-24(27)22-16-10-11-17-23(22)25(28)29/h13-15,19,22-23H,2-12,16-18H2,1H3,(H,26,27)(H,28,29). The van der Waals surface area contributed by atoms with Gasteiger partial charge in [0.05, 0.1) is 18.4 Å². The van der Waals surface area contributed by atoms with Crippen LogP contribution in [0.5, 0.6) is 5.75 Å². The third kappa shape index (κ3) is 8.76. The van der Waals surface area contributed by atoms with E-state index in [0.29, 0.717) is 25.1 Å². The van der Waals surface area contributed by atoms with Crippen LogP contribution in [0.3, 0.4) is 0 Å². The van der Waals surface area contributed by atoms with Crippen LogP contribution in [0, 0.1) is 11.8 Å². The first-order valence-electron chi connectivity index (χ1n) is 11.9. The van der Waals surface area contributed by atoms with Crippen molar-refractivity contribution in [3.8, 4) is 5.75 Å². The molecule has 5 nitrogen and oxygen atoms in total. The van der Waals surface area contributed by atoms with E-state index in [-0.39, 0.29) is 5.91 Å². The Labute approximate surface area is 181 Å². The highest BCUT2D eigenvalue weighted by Crippen LogP contribution is 2.31. The lowest BCUT2D eigenvalue weighted by Gasteiger charge is -2.27. The third-order valence-electron chi connectivity index (χ3n) is 6.04. The van der Waals surface area contributed by atoms with Gasteiger partial charge in [0.25, 0.3) is 0 Å². The molecule has 1 aromatic carbocycles. The van der Waals surface area contributed by atoms with Crippen molar-refractivity contribution in [2.24, 2.45) is 11.8 Å². The Morgan fingerprint density at radius 3 is 2.27 bits per heavy atom. The molecule has 1 fully saturated rings. The first-order valence-corrected chi connectivity index (χ1v) is 11.9. The van der Waals surface area contributed by atoms with Gasteiger partial charge in [-0.1, -0.05) is 77.2 Å². The van der Waals surface area contributed by atoms with E-state index in [4.69, 9.17) is 4.74 Å². The topological polar surface area (TPSA) is 75.6 Å². The van der Waals surface area contributed by atoms with Crippen LogP contribution in [-0.4, -0.2) is 23.6 Å². The summed E-state index contributed by atoms with van der Waals surface area (Å²) in [5.74, 6) is -1.36. The molecule has 0 radical (unpaired) electrons. The number of nitrogens with one attached hydrogen (secondary N) is 1. The summed E-state index contributed by atoms with van der Waals surface area (Å²) in [5, 5.41) is 12.3. The lowest BCUT2D eigenvalue weighted by atomic mass is 9.78. The number of unbranched alkanes of at least 4 members (excludes halogenated alkanes) is 8. The first-order chi connectivity index (χ1) is 14.6. The molecule has 1 aliphatic carbocycles. The fraction of sp³-hybridized carbons (Fsp3) is 0.680. The molecule has 168 valence electrons. The second-order valence-corrected chi connectivity index (χ2v) is 8.53. The maximum absolute atomic E-state index is 12.6. The van der Waals surface area contributed by atoms with Gasteiger partial charge in [-0.2, -0.15) is 0 Å². The van der Waals surface area contributed by atoms with Gasteiger partial charge < -0.3 is 15.2 Å². The van der Waals surface area contributed by atoms with Crippen LogP contribution in [0.1, 0.15) is 90.4 Å². The van der Waals surface area contributed by atoms with Gasteiger partial charge in [-0.05, 0) is 31.4 Å². The van der Waals surface area contributed by atoms with Crippen molar-refractivity contribution in [1.29, 1.82) is 0 Å². The van der Waals surface area contributed by atoms with Crippen LogP contribution in [0.4, 0.5) is 5.69 Å². The van der Waals surface area contributed by atoms with Crippen molar-refractivity contribution in [2.75, 3.05) is 11.9 Å². The summed E-state index contributed by atoms with van der Waals surface area (Å²) < 4.78 is 5.85. The van der Waals surface area contributed by atoms with Gasteiger partial charge in [0, 0.05) is 11.8 Å². The summed E-state index contributed by atoms with van der Waals surface area (Å²) in [6, 6.07) is 7.40. The minimum atomic E-state index is -0.868. The quantitative estimate of drug-likeness (QED) is 0.342. The fourth-order valence-corrected chi connectivity index (χ4v) is 4.24. The smallest absolute Gasteiger partial charge is 0.307 e. The number of ether oxygens (including phenoxy) is 1. The normalized spacial score (nSPS) is 18.7. The molecule has 1 amide bonds. The summed E-state index contributed by atoms with van der Waals surface area (Å²) >= 11 is 0. The van der Waals surface area contributed by atoms with Crippen LogP contribution >= 0.6 is 0 Å². The summed E-state index contributed by atoms with van der Waals surface area (Å²) in [4.78, 5) is 24.1. The van der Waals surface area contributed by atoms with Gasteiger partial charge in [0.2, 0.25) is 5.91 Å². The lowest BCUT2D eigenvalue weighted by molar-refractivity contribution is -0.147. The Morgan fingerprint density at radius 1 is 0.967 bits per heavy atom. The van der Waals surface area contributed by atoms with Crippen LogP contribution in [0.25, 0.3) is 0 Å². The number of amides is 1. The molecule has 0 bridgehead atoms. The molecule has 5 heteroatoms. The van der Waals surface area contributed by atoms with Crippen LogP contribution in [-0.2, 0) is 9.59 Å². The van der Waals surface area contributed by atoms with Crippen molar-refractivity contribution in [3.05, 3.63) is 24.3 Å². The first kappa shape index (κ1) is 24.2. The second kappa shape index (κ2) is 14.1. The molecule has 0 saturated heterocycles. The number of hydrogen-bond donors (Lipinski definition) is 2. The summed E-state index contributed by atoms with van der Waals surface area (Å²) in [7, 11) is 0. The zero-order chi connectivity index (χ0) is 21.6. The molecular formula is C25H39NO4. The molecule has 0 aliphatic heterocycles. The molecule has 30 heavy (non-hydrogen) atoms. The van der Waals surface area contributed by atoms with Crippen molar-refractivity contribution < 1.29 is 19.4 Å². The third-order valence-corrected chi connectivity index (χ3v) is 6.04. The van der Waals surface area contributed by atoms with E-state index in [0.717, 1.165) is 25.0 Å². The van der Waals surface area contributed by atoms with E-state index in [1.807, 2.05) is 24.3 Å². The number of anilines is 1. The van der Waals surface area contributed by atoms with E-state index in [2.05, 4.69) is 12.2 Å². The zero-order valence-electron chi connectivity index (χ0n) is 18.5. The molecular weight excluding hydrogens is 378 g/mol. The number of benzene rings is 1. The molecule has 2 N–H and O–H groups in total. The Hall–Kier alpha value is -2.04. The Kier molecular flexibility index (Phi) is 11.3. The Balaban J connectivity index is 1.68. The minimum Gasteiger partial charge on any atom is -0.494 e. The maximum Gasteiger partial charge on any atom is 0.307 e. The molecule has 2 unspecified atom stereocenters. The van der Waals surface area contributed by atoms with Crippen molar-refractivity contribution in [1.82, 2.24) is 0 Å². The Bertz CT molecular complexity index is 646. The van der Waals surface area contributed by atoms with E-state index in [1.54, 1.807) is 0 Å². The largest absolute Gasteiger partial charge is 0.494 e. The number of rotatable bonds is 14. The highest BCUT2D eigenvalue weighted by Gasteiger charge is 2.35. The van der Waals surface area contributed by atoms with E-state index in [1.165, 1.54) is 51.4 Å². The molecule has 0 spiro atoms. The summed E-state index contributed by atoms with van der Waals surface area (Å²) in [5.41, 5.74) is 0.666. The van der Waals surface area contributed by atoms with E-state index < -0.39 is 17.8 Å². The van der Waals surface area contributed by atoms with Crippen LogP contribution < -0.4 is 10.1 Å². The SMILES string of the molecule is CCCCCCCCCCCOc1cccc(NC(=O)C2CCCCC2C(=O)O)c1. The van der Waals surface area contributed by atoms with Gasteiger partial charge in [-0.25, -0.2) is 0 Å². The van der Waals surface area contributed by atoms with Gasteiger partial charge in [-0.3, -0.25) is 9.59 Å². The van der Waals surface area contributed by atoms with Gasteiger partial charge in [0.1, 0.15) is 5.75 Å². The lowest BCUT2D eigenvalue weighted by Crippen LogP contribution is -2.36. The number of carboxylic acid groups (broad SMARTS) is 1. The van der Waals surface area contributed by atoms with Crippen molar-refractivity contribution >= 4 is 17.6 Å². The minimum absolute atomic E-state index is 0.196. The molecule has 2 atom stereocenters. The summed E-state index contributed by atoms with van der Waals surface area (Å²) in [6.45, 7) is 2.92. The van der Waals surface area contributed by atoms with Crippen molar-refractivity contribution in [2.45, 2.75) is 90.4 Å². The molecule has 1 aliphatic rings.